The molecule has 2 fully saturated rings. The summed E-state index contributed by atoms with van der Waals surface area (Å²) < 4.78 is 12.2. The Morgan fingerprint density at radius 3 is 2.15 bits per heavy atom. The molecule has 3 rings (SSSR count). The lowest BCUT2D eigenvalue weighted by molar-refractivity contribution is 0.152. The minimum absolute atomic E-state index is 0.222. The highest BCUT2D eigenvalue weighted by molar-refractivity contribution is 5.31. The second kappa shape index (κ2) is 10.6. The van der Waals surface area contributed by atoms with Crippen LogP contribution in [0.1, 0.15) is 75.3 Å². The second-order valence-corrected chi connectivity index (χ2v) is 8.71. The second-order valence-electron chi connectivity index (χ2n) is 8.71. The van der Waals surface area contributed by atoms with E-state index in [9.17, 15) is 4.39 Å². The Labute approximate surface area is 164 Å². The van der Waals surface area contributed by atoms with Crippen LogP contribution in [0.25, 0.3) is 0 Å². The lowest BCUT2D eigenvalue weighted by atomic mass is 9.68. The number of allylic oxidation sites excluding steroid dienone is 2. The van der Waals surface area contributed by atoms with Gasteiger partial charge in [-0.2, -0.15) is 5.26 Å². The number of nitrogens with zero attached hydrogens (tertiary/aromatic N) is 1. The van der Waals surface area contributed by atoms with Crippen LogP contribution in [-0.4, -0.2) is 6.67 Å². The molecule has 146 valence electrons. The molecule has 2 heteroatoms. The van der Waals surface area contributed by atoms with Crippen LogP contribution in [0.2, 0.25) is 0 Å². The zero-order valence-corrected chi connectivity index (χ0v) is 16.6. The van der Waals surface area contributed by atoms with Gasteiger partial charge in [-0.25, -0.2) is 0 Å². The van der Waals surface area contributed by atoms with Crippen molar-refractivity contribution in [2.24, 2.45) is 23.7 Å². The summed E-state index contributed by atoms with van der Waals surface area (Å²) in [7, 11) is 0. The molecule has 27 heavy (non-hydrogen) atoms. The van der Waals surface area contributed by atoms with E-state index in [1.807, 2.05) is 18.2 Å². The van der Waals surface area contributed by atoms with Gasteiger partial charge in [-0.05, 0) is 99.2 Å². The maximum atomic E-state index is 12.2. The number of hydrogen-bond donors (Lipinski definition) is 0. The van der Waals surface area contributed by atoms with Crippen LogP contribution < -0.4 is 0 Å². The number of rotatable bonds is 7. The van der Waals surface area contributed by atoms with Crippen molar-refractivity contribution in [1.82, 2.24) is 0 Å². The monoisotopic (exact) mass is 367 g/mol. The zero-order valence-electron chi connectivity index (χ0n) is 16.6. The molecule has 0 saturated heterocycles. The first-order valence-corrected chi connectivity index (χ1v) is 11.0. The minimum Gasteiger partial charge on any atom is -0.251 e. The highest BCUT2D eigenvalue weighted by atomic mass is 19.1. The predicted molar refractivity (Wildman–Crippen MR) is 110 cm³/mol. The van der Waals surface area contributed by atoms with Crippen LogP contribution in [0.15, 0.2) is 36.4 Å². The van der Waals surface area contributed by atoms with Gasteiger partial charge in [-0.15, -0.1) is 0 Å². The highest BCUT2D eigenvalue weighted by Gasteiger charge is 2.30. The van der Waals surface area contributed by atoms with Crippen molar-refractivity contribution < 1.29 is 4.39 Å². The largest absolute Gasteiger partial charge is 0.251 e. The molecule has 1 aromatic carbocycles. The smallest absolute Gasteiger partial charge is 0.0991 e. The molecule has 0 spiro atoms. The maximum Gasteiger partial charge on any atom is 0.0991 e. The number of aryl methyl sites for hydroxylation is 1. The van der Waals surface area contributed by atoms with Crippen molar-refractivity contribution in [3.63, 3.8) is 0 Å². The SMILES string of the molecule is N#Cc1ccc(CCC2CCC(C3CCC(/C=C/CCF)CC3)CC2)cc1. The molecule has 1 aromatic rings. The van der Waals surface area contributed by atoms with E-state index in [4.69, 9.17) is 5.26 Å². The fourth-order valence-corrected chi connectivity index (χ4v) is 5.23. The summed E-state index contributed by atoms with van der Waals surface area (Å²) >= 11 is 0. The summed E-state index contributed by atoms with van der Waals surface area (Å²) in [6.07, 6.45) is 18.4. The first-order chi connectivity index (χ1) is 13.3. The van der Waals surface area contributed by atoms with Crippen molar-refractivity contribution >= 4 is 0 Å². The molecule has 0 bridgehead atoms. The van der Waals surface area contributed by atoms with Crippen LogP contribution in [0, 0.1) is 35.0 Å². The van der Waals surface area contributed by atoms with E-state index in [1.54, 1.807) is 0 Å². The number of alkyl halides is 1. The Kier molecular flexibility index (Phi) is 7.93. The fraction of sp³-hybridized carbons (Fsp3) is 0.640. The molecular formula is C25H34FN. The molecule has 0 heterocycles. The van der Waals surface area contributed by atoms with Crippen molar-refractivity contribution in [1.29, 1.82) is 5.26 Å². The van der Waals surface area contributed by atoms with Gasteiger partial charge in [0.05, 0.1) is 18.3 Å². The van der Waals surface area contributed by atoms with Gasteiger partial charge in [0.1, 0.15) is 0 Å². The third-order valence-electron chi connectivity index (χ3n) is 6.98. The Hall–Kier alpha value is -1.62. The van der Waals surface area contributed by atoms with Gasteiger partial charge in [0.25, 0.3) is 0 Å². The number of benzene rings is 1. The zero-order chi connectivity index (χ0) is 18.9. The molecule has 0 radical (unpaired) electrons. The van der Waals surface area contributed by atoms with E-state index in [1.165, 1.54) is 63.4 Å². The van der Waals surface area contributed by atoms with E-state index in [-0.39, 0.29) is 6.67 Å². The first-order valence-electron chi connectivity index (χ1n) is 11.0. The predicted octanol–water partition coefficient (Wildman–Crippen LogP) is 7.02. The van der Waals surface area contributed by atoms with Crippen LogP contribution in [-0.2, 0) is 6.42 Å². The normalized spacial score (nSPS) is 28.9. The van der Waals surface area contributed by atoms with Crippen molar-refractivity contribution in [2.45, 2.75) is 70.6 Å². The van der Waals surface area contributed by atoms with Gasteiger partial charge in [0.2, 0.25) is 0 Å². The summed E-state index contributed by atoms with van der Waals surface area (Å²) in [6, 6.07) is 10.3. The van der Waals surface area contributed by atoms with E-state index in [0.29, 0.717) is 12.3 Å². The van der Waals surface area contributed by atoms with Crippen LogP contribution in [0.5, 0.6) is 0 Å². The van der Waals surface area contributed by atoms with Crippen molar-refractivity contribution in [2.75, 3.05) is 6.67 Å². The topological polar surface area (TPSA) is 23.8 Å². The van der Waals surface area contributed by atoms with Gasteiger partial charge in [0.15, 0.2) is 0 Å². The summed E-state index contributed by atoms with van der Waals surface area (Å²) in [4.78, 5) is 0. The Morgan fingerprint density at radius 2 is 1.56 bits per heavy atom. The lowest BCUT2D eigenvalue weighted by Gasteiger charge is -2.37. The average Bonchev–Trinajstić information content (AvgIpc) is 2.74. The highest BCUT2D eigenvalue weighted by Crippen LogP contribution is 2.42. The van der Waals surface area contributed by atoms with Gasteiger partial charge in [-0.3, -0.25) is 4.39 Å². The molecule has 0 atom stereocenters. The molecule has 1 nitrogen and oxygen atoms in total. The molecular weight excluding hydrogens is 333 g/mol. The fourth-order valence-electron chi connectivity index (χ4n) is 5.23. The quantitative estimate of drug-likeness (QED) is 0.475. The third-order valence-corrected chi connectivity index (χ3v) is 6.98. The summed E-state index contributed by atoms with van der Waals surface area (Å²) in [5.74, 6) is 3.48. The first kappa shape index (κ1) is 20.1. The molecule has 2 aliphatic rings. The van der Waals surface area contributed by atoms with Gasteiger partial charge in [0, 0.05) is 0 Å². The molecule has 0 amide bonds. The van der Waals surface area contributed by atoms with Crippen LogP contribution >= 0.6 is 0 Å². The van der Waals surface area contributed by atoms with E-state index in [0.717, 1.165) is 29.7 Å². The number of halogens is 1. The van der Waals surface area contributed by atoms with Crippen LogP contribution in [0.3, 0.4) is 0 Å². The van der Waals surface area contributed by atoms with Gasteiger partial charge in [-0.1, -0.05) is 37.1 Å². The minimum atomic E-state index is -0.222. The lowest BCUT2D eigenvalue weighted by Crippen LogP contribution is -2.25. The maximum absolute atomic E-state index is 12.2. The molecule has 0 N–H and O–H groups in total. The summed E-state index contributed by atoms with van der Waals surface area (Å²) in [5, 5.41) is 8.89. The molecule has 2 saturated carbocycles. The Morgan fingerprint density at radius 1 is 0.926 bits per heavy atom. The van der Waals surface area contributed by atoms with E-state index >= 15 is 0 Å². The van der Waals surface area contributed by atoms with E-state index in [2.05, 4.69) is 24.3 Å². The molecule has 2 aliphatic carbocycles. The average molecular weight is 368 g/mol. The summed E-state index contributed by atoms with van der Waals surface area (Å²) in [5.41, 5.74) is 2.13. The standard InChI is InChI=1S/C25H34FN/c26-18-2-1-3-20-10-14-24(15-11-20)25-16-12-22(13-17-25)5-4-21-6-8-23(19-27)9-7-21/h1,3,6-9,20,22,24-25H,2,4-5,10-18H2/b3-1+. The third kappa shape index (κ3) is 6.20. The summed E-state index contributed by atoms with van der Waals surface area (Å²) in [6.45, 7) is -0.222. The van der Waals surface area contributed by atoms with Crippen LogP contribution in [0.4, 0.5) is 4.39 Å². The molecule has 0 unspecified atom stereocenters. The van der Waals surface area contributed by atoms with Crippen molar-refractivity contribution in [3.05, 3.63) is 47.5 Å². The van der Waals surface area contributed by atoms with Gasteiger partial charge >= 0.3 is 0 Å². The number of hydrogen-bond acceptors (Lipinski definition) is 1. The van der Waals surface area contributed by atoms with Crippen molar-refractivity contribution in [3.8, 4) is 6.07 Å². The Bertz CT molecular complexity index is 611. The van der Waals surface area contributed by atoms with E-state index < -0.39 is 0 Å². The number of nitriles is 1. The Balaban J connectivity index is 1.35. The molecule has 0 aliphatic heterocycles. The van der Waals surface area contributed by atoms with Gasteiger partial charge < -0.3 is 0 Å². The molecule has 0 aromatic heterocycles.